The van der Waals surface area contributed by atoms with E-state index in [4.69, 9.17) is 16.0 Å². The predicted octanol–water partition coefficient (Wildman–Crippen LogP) is 4.72. The van der Waals surface area contributed by atoms with Crippen molar-refractivity contribution in [2.24, 2.45) is 0 Å². The Bertz CT molecular complexity index is 1020. The minimum Gasteiger partial charge on any atom is -0.446 e. The van der Waals surface area contributed by atoms with Crippen molar-refractivity contribution in [1.29, 1.82) is 0 Å². The maximum Gasteiger partial charge on any atom is 0.261 e. The molecule has 5 nitrogen and oxygen atoms in total. The first-order valence-electron chi connectivity index (χ1n) is 7.60. The van der Waals surface area contributed by atoms with Crippen LogP contribution in [0.1, 0.15) is 17.2 Å². The molecule has 3 aromatic rings. The number of hydrogen-bond donors (Lipinski definition) is 1. The molecule has 0 fully saturated rings. The normalized spacial score (nSPS) is 11.5. The molecule has 0 radical (unpaired) electrons. The van der Waals surface area contributed by atoms with Crippen LogP contribution in [0.4, 0.5) is 5.69 Å². The van der Waals surface area contributed by atoms with Crippen LogP contribution in [-0.2, 0) is 10.0 Å². The smallest absolute Gasteiger partial charge is 0.261 e. The highest BCUT2D eigenvalue weighted by Crippen LogP contribution is 2.27. The summed E-state index contributed by atoms with van der Waals surface area (Å²) >= 11 is 6.04. The Balaban J connectivity index is 1.91. The van der Waals surface area contributed by atoms with Crippen LogP contribution in [0.5, 0.6) is 0 Å². The van der Waals surface area contributed by atoms with Crippen molar-refractivity contribution in [2.75, 3.05) is 4.72 Å². The fourth-order valence-corrected chi connectivity index (χ4v) is 3.81. The minimum atomic E-state index is -3.71. The quantitative estimate of drug-likeness (QED) is 0.715. The highest BCUT2D eigenvalue weighted by molar-refractivity contribution is 7.92. The number of benzene rings is 2. The molecule has 0 amide bonds. The van der Waals surface area contributed by atoms with E-state index in [-0.39, 0.29) is 4.90 Å². The average molecular weight is 377 g/mol. The molecule has 25 heavy (non-hydrogen) atoms. The topological polar surface area (TPSA) is 72.2 Å². The van der Waals surface area contributed by atoms with Gasteiger partial charge in [-0.25, -0.2) is 13.4 Å². The summed E-state index contributed by atoms with van der Waals surface area (Å²) in [6.45, 7) is 5.36. The number of oxazole rings is 1. The van der Waals surface area contributed by atoms with Gasteiger partial charge >= 0.3 is 0 Å². The Hall–Kier alpha value is -2.31. The van der Waals surface area contributed by atoms with Gasteiger partial charge in [0.15, 0.2) is 5.89 Å². The molecule has 0 aliphatic carbocycles. The maximum atomic E-state index is 12.6. The molecule has 0 saturated carbocycles. The summed E-state index contributed by atoms with van der Waals surface area (Å²) < 4.78 is 33.2. The molecule has 0 saturated heterocycles. The van der Waals surface area contributed by atoms with Crippen LogP contribution in [-0.4, -0.2) is 13.4 Å². The SMILES string of the molecule is Cc1nc(-c2ccc(S(=O)(=O)Nc3cccc(Cl)c3C)cc2)c(C)o1. The summed E-state index contributed by atoms with van der Waals surface area (Å²) in [6.07, 6.45) is 0. The zero-order valence-electron chi connectivity index (χ0n) is 14.0. The molecule has 1 aromatic heterocycles. The van der Waals surface area contributed by atoms with E-state index in [1.165, 1.54) is 0 Å². The molecule has 2 aromatic carbocycles. The standard InChI is InChI=1S/C18H17ClN2O3S/c1-11-16(19)5-4-6-17(11)21-25(22,23)15-9-7-14(8-10-15)18-12(2)24-13(3)20-18/h4-10,21H,1-3H3. The summed E-state index contributed by atoms with van der Waals surface area (Å²) in [7, 11) is -3.71. The lowest BCUT2D eigenvalue weighted by Gasteiger charge is -2.11. The molecular weight excluding hydrogens is 360 g/mol. The average Bonchev–Trinajstić information content (AvgIpc) is 2.90. The molecule has 130 valence electrons. The van der Waals surface area contributed by atoms with Crippen molar-refractivity contribution < 1.29 is 12.8 Å². The van der Waals surface area contributed by atoms with Gasteiger partial charge in [0, 0.05) is 17.5 Å². The Morgan fingerprint density at radius 2 is 1.72 bits per heavy atom. The highest BCUT2D eigenvalue weighted by Gasteiger charge is 2.17. The zero-order chi connectivity index (χ0) is 18.2. The fraction of sp³-hybridized carbons (Fsp3) is 0.167. The number of sulfonamides is 1. The van der Waals surface area contributed by atoms with E-state index in [2.05, 4.69) is 9.71 Å². The van der Waals surface area contributed by atoms with Crippen LogP contribution < -0.4 is 4.72 Å². The number of halogens is 1. The molecule has 0 aliphatic heterocycles. The Kier molecular flexibility index (Phi) is 4.58. The van der Waals surface area contributed by atoms with Gasteiger partial charge < -0.3 is 4.42 Å². The molecule has 7 heteroatoms. The van der Waals surface area contributed by atoms with E-state index in [0.29, 0.717) is 33.6 Å². The van der Waals surface area contributed by atoms with Crippen molar-refractivity contribution in [3.63, 3.8) is 0 Å². The number of hydrogen-bond acceptors (Lipinski definition) is 4. The second kappa shape index (κ2) is 6.54. The first kappa shape index (κ1) is 17.5. The van der Waals surface area contributed by atoms with Gasteiger partial charge in [0.05, 0.1) is 10.6 Å². The first-order chi connectivity index (χ1) is 11.8. The number of nitrogens with one attached hydrogen (secondary N) is 1. The van der Waals surface area contributed by atoms with E-state index in [0.717, 1.165) is 5.56 Å². The first-order valence-corrected chi connectivity index (χ1v) is 9.46. The highest BCUT2D eigenvalue weighted by atomic mass is 35.5. The monoisotopic (exact) mass is 376 g/mol. The second-order valence-corrected chi connectivity index (χ2v) is 7.77. The molecule has 0 spiro atoms. The van der Waals surface area contributed by atoms with Gasteiger partial charge in [0.1, 0.15) is 11.5 Å². The van der Waals surface area contributed by atoms with E-state index in [1.54, 1.807) is 56.3 Å². The Morgan fingerprint density at radius 1 is 1.04 bits per heavy atom. The van der Waals surface area contributed by atoms with Crippen molar-refractivity contribution in [2.45, 2.75) is 25.7 Å². The summed E-state index contributed by atoms with van der Waals surface area (Å²) in [5.41, 5.74) is 2.64. The van der Waals surface area contributed by atoms with Crippen LogP contribution in [0.15, 0.2) is 51.8 Å². The molecule has 0 bridgehead atoms. The molecule has 1 N–H and O–H groups in total. The van der Waals surface area contributed by atoms with Crippen molar-refractivity contribution in [3.8, 4) is 11.3 Å². The molecule has 0 unspecified atom stereocenters. The fourth-order valence-electron chi connectivity index (χ4n) is 2.51. The van der Waals surface area contributed by atoms with Crippen LogP contribution in [0.3, 0.4) is 0 Å². The number of nitrogens with zero attached hydrogens (tertiary/aromatic N) is 1. The van der Waals surface area contributed by atoms with Gasteiger partial charge in [-0.15, -0.1) is 0 Å². The lowest BCUT2D eigenvalue weighted by atomic mass is 10.1. The third-order valence-corrected chi connectivity index (χ3v) is 5.64. The Morgan fingerprint density at radius 3 is 2.32 bits per heavy atom. The zero-order valence-corrected chi connectivity index (χ0v) is 15.6. The predicted molar refractivity (Wildman–Crippen MR) is 98.4 cm³/mol. The van der Waals surface area contributed by atoms with E-state index >= 15 is 0 Å². The number of rotatable bonds is 4. The number of aryl methyl sites for hydroxylation is 2. The maximum absolute atomic E-state index is 12.6. The molecule has 3 rings (SSSR count). The van der Waals surface area contributed by atoms with Gasteiger partial charge in [-0.05, 0) is 43.7 Å². The van der Waals surface area contributed by atoms with Crippen molar-refractivity contribution in [1.82, 2.24) is 4.98 Å². The van der Waals surface area contributed by atoms with E-state index < -0.39 is 10.0 Å². The Labute approximate surface area is 151 Å². The van der Waals surface area contributed by atoms with Crippen molar-refractivity contribution >= 4 is 27.3 Å². The third kappa shape index (κ3) is 3.55. The molecule has 0 aliphatic rings. The number of anilines is 1. The third-order valence-electron chi connectivity index (χ3n) is 3.85. The second-order valence-electron chi connectivity index (χ2n) is 5.68. The summed E-state index contributed by atoms with van der Waals surface area (Å²) in [5.74, 6) is 1.27. The van der Waals surface area contributed by atoms with Gasteiger partial charge in [-0.1, -0.05) is 29.8 Å². The van der Waals surface area contributed by atoms with Crippen molar-refractivity contribution in [3.05, 3.63) is 64.7 Å². The lowest BCUT2D eigenvalue weighted by molar-refractivity contribution is 0.495. The molecule has 0 atom stereocenters. The van der Waals surface area contributed by atoms with Gasteiger partial charge in [-0.2, -0.15) is 0 Å². The van der Waals surface area contributed by atoms with Gasteiger partial charge in [-0.3, -0.25) is 4.72 Å². The largest absolute Gasteiger partial charge is 0.446 e. The molecule has 1 heterocycles. The van der Waals surface area contributed by atoms with Crippen LogP contribution in [0, 0.1) is 20.8 Å². The van der Waals surface area contributed by atoms with E-state index in [1.807, 2.05) is 6.92 Å². The summed E-state index contributed by atoms with van der Waals surface area (Å²) in [6, 6.07) is 11.6. The molecular formula is C18H17ClN2O3S. The lowest BCUT2D eigenvalue weighted by Crippen LogP contribution is -2.13. The van der Waals surface area contributed by atoms with Crippen LogP contribution in [0.25, 0.3) is 11.3 Å². The van der Waals surface area contributed by atoms with Gasteiger partial charge in [0.25, 0.3) is 10.0 Å². The van der Waals surface area contributed by atoms with Gasteiger partial charge in [0.2, 0.25) is 0 Å². The van der Waals surface area contributed by atoms with Crippen LogP contribution >= 0.6 is 11.6 Å². The summed E-state index contributed by atoms with van der Waals surface area (Å²) in [5, 5.41) is 0.507. The van der Waals surface area contributed by atoms with E-state index in [9.17, 15) is 8.42 Å². The minimum absolute atomic E-state index is 0.161. The van der Waals surface area contributed by atoms with Crippen LogP contribution in [0.2, 0.25) is 5.02 Å². The summed E-state index contributed by atoms with van der Waals surface area (Å²) in [4.78, 5) is 4.48. The number of aromatic nitrogens is 1.